The van der Waals surface area contributed by atoms with Gasteiger partial charge in [0.2, 0.25) is 23.3 Å². The molecule has 1 saturated heterocycles. The predicted octanol–water partition coefficient (Wildman–Crippen LogP) is 4.57. The molecule has 3 aliphatic rings. The number of rotatable bonds is 21. The average Bonchev–Trinajstić information content (AvgIpc) is 3.91. The lowest BCUT2D eigenvalue weighted by atomic mass is 9.94. The van der Waals surface area contributed by atoms with Crippen LogP contribution in [-0.4, -0.2) is 110 Å². The van der Waals surface area contributed by atoms with Gasteiger partial charge in [0.25, 0.3) is 5.91 Å². The van der Waals surface area contributed by atoms with Crippen LogP contribution in [0.1, 0.15) is 68.6 Å². The molecule has 0 aromatic heterocycles. The predicted molar refractivity (Wildman–Crippen MR) is 197 cm³/mol. The molecule has 58 heavy (non-hydrogen) atoms. The number of nitrogens with one attached hydrogen (secondary N) is 2. The highest BCUT2D eigenvalue weighted by molar-refractivity contribution is 6.06. The number of fused-ring (bicyclic) bond motifs is 2. The number of nitrogens with zero attached hydrogens (tertiary/aromatic N) is 2. The highest BCUT2D eigenvalue weighted by atomic mass is 19.4. The van der Waals surface area contributed by atoms with Crippen molar-refractivity contribution in [2.45, 2.75) is 82.7 Å². The minimum atomic E-state index is -4.83. The van der Waals surface area contributed by atoms with Gasteiger partial charge in [-0.2, -0.15) is 13.2 Å². The van der Waals surface area contributed by atoms with Crippen molar-refractivity contribution < 1.29 is 65.3 Å². The van der Waals surface area contributed by atoms with E-state index in [1.165, 1.54) is 24.3 Å². The first-order chi connectivity index (χ1) is 27.7. The highest BCUT2D eigenvalue weighted by Gasteiger charge is 2.58. The Bertz CT molecular complexity index is 1800. The van der Waals surface area contributed by atoms with Gasteiger partial charge in [0.05, 0.1) is 33.0 Å². The number of ether oxygens (including phenoxy) is 4. The number of amides is 5. The molecule has 2 aromatic carbocycles. The summed E-state index contributed by atoms with van der Waals surface area (Å²) in [6.07, 6.45) is -1.90. The van der Waals surface area contributed by atoms with Gasteiger partial charge >= 0.3 is 12.3 Å². The Balaban J connectivity index is 1.01. The molecule has 5 amide bonds. The first-order valence-corrected chi connectivity index (χ1v) is 19.3. The van der Waals surface area contributed by atoms with Crippen LogP contribution in [-0.2, 0) is 61.5 Å². The second kappa shape index (κ2) is 20.2. The molecule has 1 spiro atoms. The molecule has 2 aromatic rings. The molecule has 2 N–H and O–H groups in total. The number of Topliss-reactive ketones (excluding diaryl/α,β-unsaturated/α-hetero) is 1. The van der Waals surface area contributed by atoms with Crippen molar-refractivity contribution in [3.63, 3.8) is 0 Å². The highest BCUT2D eigenvalue weighted by Crippen LogP contribution is 2.46. The van der Waals surface area contributed by atoms with Crippen LogP contribution < -0.4 is 10.6 Å². The maximum absolute atomic E-state index is 13.8. The molecule has 2 atom stereocenters. The third-order valence-corrected chi connectivity index (χ3v) is 10.4. The van der Waals surface area contributed by atoms with Crippen LogP contribution in [0.3, 0.4) is 0 Å². The molecule has 5 rings (SSSR count). The van der Waals surface area contributed by atoms with E-state index in [0.717, 1.165) is 44.7 Å². The number of benzene rings is 2. The maximum Gasteiger partial charge on any atom is 0.418 e. The van der Waals surface area contributed by atoms with Gasteiger partial charge in [-0.25, -0.2) is 14.1 Å². The molecular weight excluding hydrogens is 772 g/mol. The Labute approximate surface area is 332 Å². The van der Waals surface area contributed by atoms with Gasteiger partial charge in [-0.15, -0.1) is 0 Å². The second-order valence-corrected chi connectivity index (χ2v) is 14.4. The minimum Gasteiger partial charge on any atom is -0.427 e. The van der Waals surface area contributed by atoms with E-state index in [4.69, 9.17) is 18.9 Å². The van der Waals surface area contributed by atoms with Crippen LogP contribution >= 0.6 is 0 Å². The van der Waals surface area contributed by atoms with E-state index in [2.05, 4.69) is 10.6 Å². The van der Waals surface area contributed by atoms with Crippen LogP contribution in [0.15, 0.2) is 42.5 Å². The zero-order valence-electron chi connectivity index (χ0n) is 32.2. The maximum atomic E-state index is 13.8. The third kappa shape index (κ3) is 11.6. The Morgan fingerprint density at radius 2 is 1.59 bits per heavy atom. The molecule has 18 heteroatoms. The number of anilines is 1. The summed E-state index contributed by atoms with van der Waals surface area (Å²) in [5, 5.41) is 5.37. The number of ketones is 1. The van der Waals surface area contributed by atoms with Crippen molar-refractivity contribution in [2.24, 2.45) is 5.92 Å². The summed E-state index contributed by atoms with van der Waals surface area (Å²) in [4.78, 5) is 77.7. The lowest BCUT2D eigenvalue weighted by Gasteiger charge is -2.31. The lowest BCUT2D eigenvalue weighted by Crippen LogP contribution is -2.51. The Morgan fingerprint density at radius 3 is 2.28 bits per heavy atom. The van der Waals surface area contributed by atoms with Crippen molar-refractivity contribution in [1.29, 1.82) is 0 Å². The number of hydrogen-bond acceptors (Lipinski definition) is 10. The lowest BCUT2D eigenvalue weighted by molar-refractivity contribution is -0.187. The fourth-order valence-electron chi connectivity index (χ4n) is 7.14. The number of halogens is 4. The molecule has 0 unspecified atom stereocenters. The summed E-state index contributed by atoms with van der Waals surface area (Å²) >= 11 is 0. The summed E-state index contributed by atoms with van der Waals surface area (Å²) < 4.78 is 76.4. The summed E-state index contributed by atoms with van der Waals surface area (Å²) in [6.45, 7) is 1.07. The third-order valence-electron chi connectivity index (χ3n) is 10.4. The van der Waals surface area contributed by atoms with Gasteiger partial charge in [0.1, 0.15) is 25.0 Å². The molecule has 2 fully saturated rings. The zero-order valence-corrected chi connectivity index (χ0v) is 32.2. The van der Waals surface area contributed by atoms with E-state index in [9.17, 15) is 46.3 Å². The number of carbonyl (C=O) groups excluding carboxylic acids is 6. The average molecular weight is 821 g/mol. The summed E-state index contributed by atoms with van der Waals surface area (Å²) in [5.74, 6) is -3.21. The van der Waals surface area contributed by atoms with E-state index < -0.39 is 60.5 Å². The van der Waals surface area contributed by atoms with E-state index >= 15 is 0 Å². The normalized spacial score (nSPS) is 18.3. The van der Waals surface area contributed by atoms with Crippen LogP contribution in [0, 0.1) is 11.7 Å². The number of hydrogen-bond donors (Lipinski definition) is 2. The van der Waals surface area contributed by atoms with E-state index in [0.29, 0.717) is 53.0 Å². The molecule has 316 valence electrons. The Kier molecular flexibility index (Phi) is 15.3. The quantitative estimate of drug-likeness (QED) is 0.134. The molecule has 0 radical (unpaired) electrons. The van der Waals surface area contributed by atoms with Crippen LogP contribution in [0.25, 0.3) is 0 Å². The van der Waals surface area contributed by atoms with Crippen LogP contribution in [0.2, 0.25) is 0 Å². The first kappa shape index (κ1) is 44.2. The second-order valence-electron chi connectivity index (χ2n) is 14.4. The standard InChI is InChI=1S/C40H48F4N4O10/c1-26(40(42,43)44)47(23-27-6-8-30(41)9-7-27)36(52)24-48-37(53)39(58-38(48)54)15-14-29-22-31(10-11-32(29)39)46-35(51)13-12-34(50)45-16-17-55-18-19-56-20-21-57-25-33(49)28-4-2-3-5-28/h6-11,22,26,28H,2-5,12-21,23-25H2,1H3,(H,45,50)(H,46,51)/t26-,39+/m0/s1. The first-order valence-electron chi connectivity index (χ1n) is 19.3. The van der Waals surface area contributed by atoms with Gasteiger partial charge < -0.3 is 34.5 Å². The fourth-order valence-corrected chi connectivity index (χ4v) is 7.14. The number of alkyl halides is 3. The van der Waals surface area contributed by atoms with Crippen molar-refractivity contribution >= 4 is 41.2 Å². The largest absolute Gasteiger partial charge is 0.427 e. The van der Waals surface area contributed by atoms with E-state index in [1.807, 2.05) is 0 Å². The zero-order chi connectivity index (χ0) is 41.9. The van der Waals surface area contributed by atoms with Crippen molar-refractivity contribution in [2.75, 3.05) is 58.0 Å². The van der Waals surface area contributed by atoms with Crippen LogP contribution in [0.5, 0.6) is 0 Å². The smallest absolute Gasteiger partial charge is 0.418 e. The van der Waals surface area contributed by atoms with Gasteiger partial charge in [-0.05, 0) is 61.6 Å². The van der Waals surface area contributed by atoms with Gasteiger partial charge in [0, 0.05) is 49.5 Å². The number of carbonyl (C=O) groups is 6. The molecule has 1 heterocycles. The van der Waals surface area contributed by atoms with Crippen molar-refractivity contribution in [3.8, 4) is 0 Å². The summed E-state index contributed by atoms with van der Waals surface area (Å²) in [7, 11) is 0. The minimum absolute atomic E-state index is 0.00258. The van der Waals surface area contributed by atoms with E-state index in [-0.39, 0.29) is 68.6 Å². The van der Waals surface area contributed by atoms with Crippen molar-refractivity contribution in [1.82, 2.24) is 15.1 Å². The Hall–Kier alpha value is -4.94. The van der Waals surface area contributed by atoms with Gasteiger partial charge in [-0.1, -0.05) is 31.0 Å². The van der Waals surface area contributed by atoms with Gasteiger partial charge in [0.15, 0.2) is 5.78 Å². The van der Waals surface area contributed by atoms with Crippen molar-refractivity contribution in [3.05, 3.63) is 65.0 Å². The molecule has 0 bridgehead atoms. The molecular formula is C40H48F4N4O10. The topological polar surface area (TPSA) is 170 Å². The number of aryl methyl sites for hydroxylation is 1. The van der Waals surface area contributed by atoms with Gasteiger partial charge in [-0.3, -0.25) is 24.0 Å². The molecule has 14 nitrogen and oxygen atoms in total. The Morgan fingerprint density at radius 1 is 0.931 bits per heavy atom. The van der Waals surface area contributed by atoms with Crippen LogP contribution in [0.4, 0.5) is 28.0 Å². The molecule has 1 aliphatic heterocycles. The SMILES string of the molecule is C[C@H](N(Cc1ccc(F)cc1)C(=O)CN1C(=O)O[C@@]2(CCc3cc(NC(=O)CCC(=O)NCCOCCOCCOCC(=O)C4CCCC4)ccc32)C1=O)C(F)(F)F. The summed E-state index contributed by atoms with van der Waals surface area (Å²) in [5.41, 5.74) is -0.347. The van der Waals surface area contributed by atoms with E-state index in [1.54, 1.807) is 6.07 Å². The molecule has 2 aliphatic carbocycles. The fraction of sp³-hybridized carbons (Fsp3) is 0.550. The monoisotopic (exact) mass is 820 g/mol. The summed E-state index contributed by atoms with van der Waals surface area (Å²) in [6, 6.07) is 6.82. The number of imide groups is 1. The molecule has 1 saturated carbocycles.